The van der Waals surface area contributed by atoms with Crippen LogP contribution in [0.4, 0.5) is 0 Å². The second-order valence-corrected chi connectivity index (χ2v) is 9.02. The zero-order valence-corrected chi connectivity index (χ0v) is 15.5. The van der Waals surface area contributed by atoms with Crippen molar-refractivity contribution in [2.75, 3.05) is 32.8 Å². The molecular weight excluding hydrogens is 332 g/mol. The van der Waals surface area contributed by atoms with E-state index in [1.54, 1.807) is 0 Å². The molecule has 0 unspecified atom stereocenters. The molecule has 0 N–H and O–H groups in total. The molecule has 0 aliphatic carbocycles. The number of halogens is 1. The van der Waals surface area contributed by atoms with Gasteiger partial charge in [-0.2, -0.15) is 0 Å². The van der Waals surface area contributed by atoms with E-state index in [2.05, 4.69) is 40.8 Å². The molecule has 0 radical (unpaired) electrons. The third-order valence-electron chi connectivity index (χ3n) is 6.13. The van der Waals surface area contributed by atoms with Crippen LogP contribution < -0.4 is 0 Å². The van der Waals surface area contributed by atoms with E-state index in [0.29, 0.717) is 11.2 Å². The Hall–Kier alpha value is -1.49. The highest BCUT2D eigenvalue weighted by Crippen LogP contribution is 2.50. The minimum Gasteiger partial charge on any atom is -0.289 e. The highest BCUT2D eigenvalue weighted by molar-refractivity contribution is 6.32. The summed E-state index contributed by atoms with van der Waals surface area (Å²) < 4.78 is 0. The van der Waals surface area contributed by atoms with E-state index in [0.717, 1.165) is 49.3 Å². The quantitative estimate of drug-likeness (QED) is 0.612. The number of nitrogens with zero attached hydrogens (tertiary/aromatic N) is 4. The van der Waals surface area contributed by atoms with Crippen molar-refractivity contribution < 1.29 is 0 Å². The van der Waals surface area contributed by atoms with Crippen molar-refractivity contribution in [3.05, 3.63) is 41.0 Å². The Morgan fingerprint density at radius 1 is 1.12 bits per heavy atom. The van der Waals surface area contributed by atoms with Crippen LogP contribution in [0.5, 0.6) is 0 Å². The molecule has 1 aromatic heterocycles. The molecule has 4 saturated heterocycles. The van der Waals surface area contributed by atoms with E-state index in [4.69, 9.17) is 16.6 Å². The van der Waals surface area contributed by atoms with Gasteiger partial charge in [-0.25, -0.2) is 4.98 Å². The van der Waals surface area contributed by atoms with Crippen molar-refractivity contribution in [1.82, 2.24) is 14.8 Å². The topological polar surface area (TPSA) is 31.7 Å². The van der Waals surface area contributed by atoms with E-state index >= 15 is 0 Å². The molecule has 4 bridgehead atoms. The van der Waals surface area contributed by atoms with Gasteiger partial charge >= 0.3 is 0 Å². The molecular formula is C20H23ClN4. The van der Waals surface area contributed by atoms with Gasteiger partial charge in [0.1, 0.15) is 5.15 Å². The van der Waals surface area contributed by atoms with Gasteiger partial charge in [-0.05, 0) is 12.1 Å². The predicted octanol–water partition coefficient (Wildman–Crippen LogP) is 3.29. The smallest absolute Gasteiger partial charge is 0.138 e. The normalized spacial score (nSPS) is 39.6. The molecule has 0 atom stereocenters. The molecule has 5 heteroatoms. The van der Waals surface area contributed by atoms with Crippen LogP contribution in [0.2, 0.25) is 5.15 Å². The number of hydrogen-bond acceptors (Lipinski definition) is 4. The summed E-state index contributed by atoms with van der Waals surface area (Å²) in [5.74, 6) is 0. The Bertz CT molecular complexity index is 841. The molecule has 1 aromatic carbocycles. The van der Waals surface area contributed by atoms with Gasteiger partial charge in [-0.15, -0.1) is 0 Å². The lowest BCUT2D eigenvalue weighted by molar-refractivity contribution is -0.165. The van der Waals surface area contributed by atoms with Gasteiger partial charge in [0.15, 0.2) is 0 Å². The maximum atomic E-state index is 6.42. The lowest BCUT2D eigenvalue weighted by Gasteiger charge is -2.65. The van der Waals surface area contributed by atoms with Gasteiger partial charge < -0.3 is 0 Å². The monoisotopic (exact) mass is 354 g/mol. The fraction of sp³-hybridized carbons (Fsp3) is 0.500. The number of aliphatic imine (C=N–C) groups is 1. The molecule has 25 heavy (non-hydrogen) atoms. The van der Waals surface area contributed by atoms with Crippen LogP contribution in [0.3, 0.4) is 0 Å². The molecule has 0 spiro atoms. The number of rotatable bonds is 2. The summed E-state index contributed by atoms with van der Waals surface area (Å²) in [5.41, 5.74) is 2.29. The van der Waals surface area contributed by atoms with E-state index in [-0.39, 0.29) is 10.8 Å². The minimum atomic E-state index is 0.219. The zero-order chi connectivity index (χ0) is 17.2. The van der Waals surface area contributed by atoms with Crippen molar-refractivity contribution in [2.45, 2.75) is 19.9 Å². The molecule has 0 saturated carbocycles. The van der Waals surface area contributed by atoms with Gasteiger partial charge in [-0.3, -0.25) is 14.8 Å². The van der Waals surface area contributed by atoms with E-state index in [9.17, 15) is 0 Å². The molecule has 2 aromatic rings. The first-order valence-corrected chi connectivity index (χ1v) is 9.36. The standard InChI is InChI=1S/C20H23ClN4/c1-19-9-24-11-20(2,12-25(10-19)13-24)18(19)22-8-15-7-14-5-3-4-6-16(14)23-17(15)21/h3-8,18H,9-13H2,1-2H3. The molecule has 5 heterocycles. The maximum absolute atomic E-state index is 6.42. The summed E-state index contributed by atoms with van der Waals surface area (Å²) in [6, 6.07) is 10.5. The Balaban J connectivity index is 1.52. The summed E-state index contributed by atoms with van der Waals surface area (Å²) in [7, 11) is 0. The number of para-hydroxylation sites is 1. The summed E-state index contributed by atoms with van der Waals surface area (Å²) in [6.45, 7) is 10.5. The second-order valence-electron chi connectivity index (χ2n) is 8.67. The Labute approximate surface area is 153 Å². The molecule has 4 aliphatic rings. The van der Waals surface area contributed by atoms with Crippen LogP contribution in [0.1, 0.15) is 19.4 Å². The molecule has 4 nitrogen and oxygen atoms in total. The first kappa shape index (κ1) is 15.7. The summed E-state index contributed by atoms with van der Waals surface area (Å²) in [4.78, 5) is 14.8. The Morgan fingerprint density at radius 3 is 2.44 bits per heavy atom. The third-order valence-corrected chi connectivity index (χ3v) is 6.43. The van der Waals surface area contributed by atoms with Crippen molar-refractivity contribution in [2.24, 2.45) is 15.8 Å². The fourth-order valence-corrected chi connectivity index (χ4v) is 5.83. The largest absolute Gasteiger partial charge is 0.289 e. The van der Waals surface area contributed by atoms with Gasteiger partial charge in [-0.1, -0.05) is 43.6 Å². The predicted molar refractivity (Wildman–Crippen MR) is 102 cm³/mol. The van der Waals surface area contributed by atoms with Gasteiger partial charge in [0.05, 0.1) is 18.2 Å². The van der Waals surface area contributed by atoms with Crippen LogP contribution in [0.15, 0.2) is 35.3 Å². The number of piperidine rings is 2. The van der Waals surface area contributed by atoms with Crippen LogP contribution in [-0.2, 0) is 0 Å². The minimum absolute atomic E-state index is 0.219. The van der Waals surface area contributed by atoms with Crippen molar-refractivity contribution in [3.63, 3.8) is 0 Å². The zero-order valence-electron chi connectivity index (χ0n) is 14.7. The first-order valence-electron chi connectivity index (χ1n) is 8.98. The molecule has 6 rings (SSSR count). The summed E-state index contributed by atoms with van der Waals surface area (Å²) in [6.07, 6.45) is 1.97. The number of pyridine rings is 1. The Morgan fingerprint density at radius 2 is 1.76 bits per heavy atom. The molecule has 4 aliphatic heterocycles. The number of hydrogen-bond donors (Lipinski definition) is 0. The lowest BCUT2D eigenvalue weighted by atomic mass is 9.60. The number of aromatic nitrogens is 1. The highest BCUT2D eigenvalue weighted by Gasteiger charge is 2.59. The van der Waals surface area contributed by atoms with Gasteiger partial charge in [0.25, 0.3) is 0 Å². The van der Waals surface area contributed by atoms with E-state index in [1.165, 1.54) is 0 Å². The van der Waals surface area contributed by atoms with Crippen LogP contribution in [0.25, 0.3) is 10.9 Å². The molecule has 0 amide bonds. The van der Waals surface area contributed by atoms with Gasteiger partial charge in [0, 0.05) is 54.2 Å². The highest BCUT2D eigenvalue weighted by atomic mass is 35.5. The third kappa shape index (κ3) is 2.42. The maximum Gasteiger partial charge on any atom is 0.138 e. The van der Waals surface area contributed by atoms with Crippen molar-refractivity contribution in [1.29, 1.82) is 0 Å². The summed E-state index contributed by atoms with van der Waals surface area (Å²) in [5, 5.41) is 1.64. The van der Waals surface area contributed by atoms with Crippen molar-refractivity contribution >= 4 is 28.7 Å². The number of fused-ring (bicyclic) bond motifs is 1. The number of benzene rings is 1. The SMILES string of the molecule is CC12CN3CN(C1)CC(C)(C3)C2N=Cc1cc2ccccc2nc1Cl. The van der Waals surface area contributed by atoms with E-state index < -0.39 is 0 Å². The van der Waals surface area contributed by atoms with Crippen LogP contribution in [-0.4, -0.2) is 59.9 Å². The lowest BCUT2D eigenvalue weighted by Crippen LogP contribution is -2.75. The average molecular weight is 355 g/mol. The van der Waals surface area contributed by atoms with Crippen molar-refractivity contribution in [3.8, 4) is 0 Å². The van der Waals surface area contributed by atoms with Crippen LogP contribution >= 0.6 is 11.6 Å². The molecule has 130 valence electrons. The van der Waals surface area contributed by atoms with Crippen LogP contribution in [0, 0.1) is 10.8 Å². The summed E-state index contributed by atoms with van der Waals surface area (Å²) >= 11 is 6.42. The Kier molecular flexibility index (Phi) is 3.31. The van der Waals surface area contributed by atoms with Gasteiger partial charge in [0.2, 0.25) is 0 Å². The van der Waals surface area contributed by atoms with E-state index in [1.807, 2.05) is 24.4 Å². The average Bonchev–Trinajstić information content (AvgIpc) is 2.52. The fourth-order valence-electron chi connectivity index (χ4n) is 5.64. The second kappa shape index (κ2) is 5.26. The first-order chi connectivity index (χ1) is 12.0. The molecule has 4 fully saturated rings.